The highest BCUT2D eigenvalue weighted by Gasteiger charge is 2.40. The Balaban J connectivity index is 2.60. The molecule has 39 N–H and O–H groups in total. The summed E-state index contributed by atoms with van der Waals surface area (Å²) in [4.78, 5) is 252. The van der Waals surface area contributed by atoms with Crippen LogP contribution in [0.25, 0.3) is 0 Å². The number of carboxylic acids is 2. The van der Waals surface area contributed by atoms with E-state index in [1.807, 2.05) is 6.26 Å². The number of aliphatic carboxylic acids is 2. The number of aliphatic hydroxyl groups excluding tert-OH is 2. The van der Waals surface area contributed by atoms with Crippen molar-refractivity contribution in [3.05, 3.63) is 59.7 Å². The van der Waals surface area contributed by atoms with Crippen LogP contribution < -0.4 is 131 Å². The number of carboxylic acid groups (broad SMARTS) is 2. The third kappa shape index (κ3) is 50.4. The quantitative estimate of drug-likeness (QED) is 0.0166. The lowest BCUT2D eigenvalue weighted by molar-refractivity contribution is -0.143. The van der Waals surface area contributed by atoms with E-state index >= 15 is 0 Å². The maximum absolute atomic E-state index is 14.8. The van der Waals surface area contributed by atoms with Gasteiger partial charge in [-0.25, -0.2) is 4.79 Å². The Morgan fingerprint density at radius 2 is 0.679 bits per heavy atom. The molecule has 140 heavy (non-hydrogen) atoms. The van der Waals surface area contributed by atoms with E-state index < -0.39 is 253 Å². The van der Waals surface area contributed by atoms with Gasteiger partial charge in [-0.2, -0.15) is 23.5 Å². The molecule has 50 nitrogen and oxygen atoms in total. The molecule has 2 aromatic carbocycles. The van der Waals surface area contributed by atoms with E-state index in [4.69, 9.17) is 51.0 Å². The normalized spacial score (nSPS) is 14.6. The predicted molar refractivity (Wildman–Crippen MR) is 521 cm³/mol. The fraction of sp³-hybridized carbons (Fsp3) is 0.636. The number of nitrogens with one attached hydrogen (secondary N) is 19. The van der Waals surface area contributed by atoms with Crippen LogP contribution in [-0.2, 0) is 99.1 Å². The van der Waals surface area contributed by atoms with E-state index in [-0.39, 0.29) is 159 Å². The molecule has 786 valence electrons. The number of rotatable bonds is 72. The minimum atomic E-state index is -2.12. The number of aliphatic hydroxyl groups is 2. The van der Waals surface area contributed by atoms with Crippen molar-refractivity contribution in [2.75, 3.05) is 69.9 Å². The summed E-state index contributed by atoms with van der Waals surface area (Å²) in [7, 11) is 0. The number of unbranched alkanes of at least 4 members (excludes halogenated alkanes) is 3. The molecular formula is C88H148N26O24S2. The van der Waals surface area contributed by atoms with Crippen molar-refractivity contribution in [2.24, 2.45) is 52.0 Å². The zero-order valence-electron chi connectivity index (χ0n) is 80.3. The topological polar surface area (TPSA) is 863 Å². The maximum atomic E-state index is 14.8. The van der Waals surface area contributed by atoms with Crippen molar-refractivity contribution in [3.8, 4) is 11.5 Å². The van der Waals surface area contributed by atoms with Crippen molar-refractivity contribution in [1.82, 2.24) is 90.4 Å². The van der Waals surface area contributed by atoms with Gasteiger partial charge in [0.05, 0.1) is 31.7 Å². The molecule has 0 aromatic heterocycles. The van der Waals surface area contributed by atoms with Crippen LogP contribution in [0.1, 0.15) is 174 Å². The van der Waals surface area contributed by atoms with Crippen LogP contribution in [0.4, 0.5) is 0 Å². The summed E-state index contributed by atoms with van der Waals surface area (Å²) >= 11 is 2.62. The number of nitrogens with two attached hydrogens (primary N) is 7. The highest BCUT2D eigenvalue weighted by molar-refractivity contribution is 7.98. The lowest BCUT2D eigenvalue weighted by Crippen LogP contribution is -2.62. The molecule has 16 amide bonds. The molecule has 0 heterocycles. The Kier molecular flexibility index (Phi) is 59.8. The van der Waals surface area contributed by atoms with Gasteiger partial charge >= 0.3 is 11.9 Å². The highest BCUT2D eigenvalue weighted by Crippen LogP contribution is 2.19. The number of phenolic OH excluding ortho intramolecular Hbond substituents is 2. The SMILES string of the molecule is CSCC[C@H](NC(=O)[C@H](CO)NC(=O)[C@H](CCCNC(=N)N)NC(=O)[C@H](CC(C)C)NC(=O)[C@H](CCCCN)NC(=O)[C@H](CCCCN)NC(=O)[C@H](CCC(N)=O)NC(=O)[C@H](Cc1ccc(O)cc1)NC(=O)CNC(=O)[C@@H](N)CCSC)C(=O)N[C@H](C(=O)N[C@@H](CC(=O)O)C(=O)N[C@@H](CCCCN)C(=O)N[C@@H](Cc1ccc(O)cc1)C(=O)N[C@@H](CCCNC(=N)N)C(=O)N[C@H](CC(C)C)C(=O)O)[C@@H](C)O. The Morgan fingerprint density at radius 1 is 0.364 bits per heavy atom. The second-order valence-electron chi connectivity index (χ2n) is 34.4. The molecule has 2 rings (SSSR count). The van der Waals surface area contributed by atoms with E-state index in [0.29, 0.717) is 36.1 Å². The third-order valence-electron chi connectivity index (χ3n) is 21.5. The molecular weight excluding hydrogens is 1870 g/mol. The Bertz CT molecular complexity index is 4360. The molecule has 0 radical (unpaired) electrons. The molecule has 52 heteroatoms. The summed E-state index contributed by atoms with van der Waals surface area (Å²) in [6.45, 7) is 6.36. The predicted octanol–water partition coefficient (Wildman–Crippen LogP) is -7.18. The second-order valence-corrected chi connectivity index (χ2v) is 36.4. The number of benzene rings is 2. The molecule has 0 spiro atoms. The third-order valence-corrected chi connectivity index (χ3v) is 22.8. The first-order valence-corrected chi connectivity index (χ1v) is 49.1. The van der Waals surface area contributed by atoms with Gasteiger partial charge < -0.3 is 161 Å². The number of phenols is 2. The van der Waals surface area contributed by atoms with E-state index in [2.05, 4.69) is 90.4 Å². The molecule has 0 saturated heterocycles. The van der Waals surface area contributed by atoms with Crippen molar-refractivity contribution in [1.29, 1.82) is 10.8 Å². The lowest BCUT2D eigenvalue weighted by atomic mass is 10.0. The summed E-state index contributed by atoms with van der Waals surface area (Å²) < 4.78 is 0. The van der Waals surface area contributed by atoms with Gasteiger partial charge in [0.15, 0.2) is 11.9 Å². The van der Waals surface area contributed by atoms with Crippen molar-refractivity contribution in [2.45, 2.75) is 273 Å². The smallest absolute Gasteiger partial charge is 0.326 e. The maximum Gasteiger partial charge on any atom is 0.326 e. The Hall–Kier alpha value is -12.5. The van der Waals surface area contributed by atoms with Crippen LogP contribution in [0.15, 0.2) is 48.5 Å². The molecule has 0 aliphatic carbocycles. The number of aromatic hydroxyl groups is 2. The molecule has 2 aromatic rings. The van der Waals surface area contributed by atoms with Gasteiger partial charge in [0.25, 0.3) is 0 Å². The van der Waals surface area contributed by atoms with Crippen LogP contribution >= 0.6 is 23.5 Å². The van der Waals surface area contributed by atoms with Gasteiger partial charge in [0.2, 0.25) is 94.5 Å². The number of carbonyl (C=O) groups excluding carboxylic acids is 16. The summed E-state index contributed by atoms with van der Waals surface area (Å²) in [6.07, 6.45) is -0.772. The van der Waals surface area contributed by atoms with E-state index in [1.165, 1.54) is 72.1 Å². The van der Waals surface area contributed by atoms with Crippen LogP contribution in [0.5, 0.6) is 11.5 Å². The molecule has 0 aliphatic rings. The fourth-order valence-electron chi connectivity index (χ4n) is 13.9. The van der Waals surface area contributed by atoms with E-state index in [0.717, 1.165) is 6.92 Å². The molecule has 0 saturated carbocycles. The first kappa shape index (κ1) is 124. The number of carbonyl (C=O) groups is 18. The number of guanidine groups is 2. The van der Waals surface area contributed by atoms with Crippen LogP contribution in [0.2, 0.25) is 0 Å². The van der Waals surface area contributed by atoms with Crippen molar-refractivity contribution < 1.29 is 117 Å². The summed E-state index contributed by atoms with van der Waals surface area (Å²) in [5, 5.41) is 120. The minimum absolute atomic E-state index is 0.00383. The number of thioether (sulfide) groups is 2. The first-order chi connectivity index (χ1) is 66.2. The standard InChI is InChI=1S/C88H148N26O24S2/c1-47(2)40-62(109-74(125)56(17-9-12-34-90)102-73(124)55(16-8-11-33-89)103-78(129)60(29-30-68(93)119)107-81(132)63(42-50-21-25-52(117)26-22-50)101-69(120)45-100-72(123)54(92)31-38-139-6)80(131)105-59(20-15-37-99-88(96)97)77(128)113-67(46-115)84(135)108-61(32-39-140-7)79(130)114-71(49(5)116)85(136)111-65(44-70(121)122)83(134)104-57(18-10-13-35-91)75(126)110-64(43-51-23-27-53(118)28-24-51)82(133)106-58(19-14-36-98-87(94)95)76(127)112-66(86(137)138)41-48(3)4/h21-28,47-49,54-67,71,115-118H,8-20,29-46,89-92H2,1-7H3,(H2,93,119)(H,100,123)(H,101,120)(H,102,124)(H,103,129)(H,104,134)(H,105,131)(H,106,133)(H,107,132)(H,108,135)(H,109,125)(H,110,126)(H,111,136)(H,112,127)(H,113,128)(H,114,130)(H,121,122)(H,137,138)(H4,94,95,98)(H4,96,97,99)/t49-,54+,55+,56+,57+,58+,59+,60+,61+,62+,63+,64+,65+,66-,67+,71+/m1/s1. The minimum Gasteiger partial charge on any atom is -0.508 e. The summed E-state index contributed by atoms with van der Waals surface area (Å²) in [6, 6.07) is -13.3. The van der Waals surface area contributed by atoms with E-state index in [1.54, 1.807) is 34.0 Å². The fourth-order valence-corrected chi connectivity index (χ4v) is 14.9. The van der Waals surface area contributed by atoms with Gasteiger partial charge in [-0.05, 0) is 213 Å². The molecule has 0 bridgehead atoms. The zero-order valence-corrected chi connectivity index (χ0v) is 82.0. The van der Waals surface area contributed by atoms with E-state index in [9.17, 15) is 117 Å². The van der Waals surface area contributed by atoms with Crippen LogP contribution in [0, 0.1) is 22.7 Å². The summed E-state index contributed by atoms with van der Waals surface area (Å²) in [5.41, 5.74) is 40.8. The summed E-state index contributed by atoms with van der Waals surface area (Å²) in [5.74, 6) is -20.8. The van der Waals surface area contributed by atoms with Crippen LogP contribution in [0.3, 0.4) is 0 Å². The van der Waals surface area contributed by atoms with Crippen LogP contribution in [-0.4, -0.2) is 316 Å². The van der Waals surface area contributed by atoms with Crippen molar-refractivity contribution >= 4 is 142 Å². The second kappa shape index (κ2) is 67.7. The average Bonchev–Trinajstić information content (AvgIpc) is 0.845. The zero-order chi connectivity index (χ0) is 105. The van der Waals surface area contributed by atoms with Gasteiger partial charge in [-0.3, -0.25) is 92.3 Å². The largest absolute Gasteiger partial charge is 0.508 e. The average molecular weight is 2020 g/mol. The van der Waals surface area contributed by atoms with Gasteiger partial charge in [0, 0.05) is 32.4 Å². The number of amides is 16. The highest BCUT2D eigenvalue weighted by atomic mass is 32.2. The van der Waals surface area contributed by atoms with Gasteiger partial charge in [-0.1, -0.05) is 52.0 Å². The monoisotopic (exact) mass is 2020 g/mol. The number of hydrogen-bond donors (Lipinski definition) is 32. The molecule has 0 fully saturated rings. The molecule has 0 unspecified atom stereocenters. The Morgan fingerprint density at radius 3 is 1.04 bits per heavy atom. The molecule has 16 atom stereocenters. The lowest BCUT2D eigenvalue weighted by Gasteiger charge is -2.29. The number of primary amides is 1. The number of hydrogen-bond acceptors (Lipinski definition) is 30. The van der Waals surface area contributed by atoms with Crippen molar-refractivity contribution in [3.63, 3.8) is 0 Å². The van der Waals surface area contributed by atoms with Gasteiger partial charge in [-0.15, -0.1) is 0 Å². The molecule has 0 aliphatic heterocycles. The first-order valence-electron chi connectivity index (χ1n) is 46.3. The Labute approximate surface area is 821 Å². The van der Waals surface area contributed by atoms with Gasteiger partial charge in [0.1, 0.15) is 96.1 Å².